The third kappa shape index (κ3) is 5.74. The molecule has 1 fully saturated rings. The number of nitrogens with one attached hydrogen (secondary N) is 2. The molecule has 1 saturated carbocycles. The van der Waals surface area contributed by atoms with E-state index in [1.54, 1.807) is 24.3 Å². The van der Waals surface area contributed by atoms with Crippen LogP contribution in [0.4, 0.5) is 13.6 Å². The molecule has 0 radical (unpaired) electrons. The van der Waals surface area contributed by atoms with E-state index >= 15 is 0 Å². The van der Waals surface area contributed by atoms with Crippen LogP contribution in [0.3, 0.4) is 0 Å². The van der Waals surface area contributed by atoms with E-state index in [0.717, 1.165) is 6.07 Å². The van der Waals surface area contributed by atoms with Gasteiger partial charge in [-0.25, -0.2) is 18.2 Å². The highest BCUT2D eigenvalue weighted by Crippen LogP contribution is 2.36. The summed E-state index contributed by atoms with van der Waals surface area (Å²) >= 11 is 0. The van der Waals surface area contributed by atoms with Crippen LogP contribution in [0.1, 0.15) is 35.5 Å². The average molecular weight is 552 g/mol. The number of ketones is 1. The Bertz CT molecular complexity index is 1440. The summed E-state index contributed by atoms with van der Waals surface area (Å²) in [7, 11) is -4.51. The Morgan fingerprint density at radius 1 is 1.11 bits per heavy atom. The van der Waals surface area contributed by atoms with Crippen molar-refractivity contribution in [1.29, 1.82) is 0 Å². The number of oxazole rings is 1. The number of sulfone groups is 1. The zero-order chi connectivity index (χ0) is 27.5. The van der Waals surface area contributed by atoms with E-state index in [1.807, 2.05) is 5.32 Å². The molecule has 0 unspecified atom stereocenters. The lowest BCUT2D eigenvalue weighted by atomic mass is 9.73. The maximum atomic E-state index is 13.3. The normalized spacial score (nSPS) is 15.4. The maximum Gasteiger partial charge on any atom is 0.404 e. The zero-order valence-corrected chi connectivity index (χ0v) is 20.5. The Hall–Kier alpha value is -4.07. The molecule has 1 aromatic heterocycles. The van der Waals surface area contributed by atoms with E-state index in [-0.39, 0.29) is 24.3 Å². The molecular formula is C24H23F2N3O8S. The summed E-state index contributed by atoms with van der Waals surface area (Å²) in [5.74, 6) is -3.34. The van der Waals surface area contributed by atoms with Crippen molar-refractivity contribution in [2.24, 2.45) is 0 Å². The van der Waals surface area contributed by atoms with Crippen LogP contribution in [-0.2, 0) is 20.4 Å². The Kier molecular flexibility index (Phi) is 7.62. The summed E-state index contributed by atoms with van der Waals surface area (Å²) in [5, 5.41) is 11.4. The highest BCUT2D eigenvalue weighted by Gasteiger charge is 2.49. The van der Waals surface area contributed by atoms with Gasteiger partial charge in [-0.1, -0.05) is 30.3 Å². The molecule has 0 aliphatic heterocycles. The van der Waals surface area contributed by atoms with Gasteiger partial charge in [0.2, 0.25) is 11.7 Å². The van der Waals surface area contributed by atoms with Gasteiger partial charge in [-0.05, 0) is 37.5 Å². The number of amides is 2. The maximum absolute atomic E-state index is 13.3. The average Bonchev–Trinajstić information content (AvgIpc) is 3.26. The summed E-state index contributed by atoms with van der Waals surface area (Å²) in [4.78, 5) is 41.9. The monoisotopic (exact) mass is 551 g/mol. The molecule has 2 amide bonds. The molecule has 2 aromatic carbocycles. The number of ether oxygens (including phenoxy) is 1. The number of nitrogens with zero attached hydrogens (tertiary/aromatic N) is 1. The number of hydrogen-bond donors (Lipinski definition) is 3. The molecule has 0 saturated heterocycles. The summed E-state index contributed by atoms with van der Waals surface area (Å²) in [6.45, 7) is -4.06. The minimum Gasteiger partial charge on any atom is -0.465 e. The van der Waals surface area contributed by atoms with Gasteiger partial charge in [-0.3, -0.25) is 9.59 Å². The number of Topliss-reactive ketones (excluding diaryl/α,β-unsaturated/α-hetero) is 1. The van der Waals surface area contributed by atoms with Gasteiger partial charge in [0, 0.05) is 12.1 Å². The first-order chi connectivity index (χ1) is 18.0. The highest BCUT2D eigenvalue weighted by atomic mass is 32.2. The first-order valence-electron chi connectivity index (χ1n) is 11.4. The molecule has 14 heteroatoms. The van der Waals surface area contributed by atoms with Crippen molar-refractivity contribution in [2.75, 3.05) is 6.54 Å². The Balaban J connectivity index is 1.60. The number of para-hydroxylation sites is 3. The van der Waals surface area contributed by atoms with Gasteiger partial charge in [-0.2, -0.15) is 8.78 Å². The van der Waals surface area contributed by atoms with E-state index in [4.69, 9.17) is 9.52 Å². The lowest BCUT2D eigenvalue weighted by Gasteiger charge is -2.40. The summed E-state index contributed by atoms with van der Waals surface area (Å²) in [6.07, 6.45) is -0.670. The number of fused-ring (bicyclic) bond motifs is 1. The van der Waals surface area contributed by atoms with Gasteiger partial charge in [0.1, 0.15) is 16.8 Å². The summed E-state index contributed by atoms with van der Waals surface area (Å²) < 4.78 is 62.1. The summed E-state index contributed by atoms with van der Waals surface area (Å²) in [5.41, 5.74) is -0.868. The lowest BCUT2D eigenvalue weighted by molar-refractivity contribution is -0.123. The van der Waals surface area contributed by atoms with Crippen LogP contribution in [0.5, 0.6) is 5.75 Å². The fraction of sp³-hybridized carbons (Fsp3) is 0.333. The molecule has 4 rings (SSSR count). The smallest absolute Gasteiger partial charge is 0.404 e. The number of halogens is 2. The third-order valence-electron chi connectivity index (χ3n) is 6.20. The Morgan fingerprint density at radius 2 is 1.79 bits per heavy atom. The minimum atomic E-state index is -4.51. The standard InChI is InChI=1S/C24H23F2N3O8S/c25-22(26)37-16-8-3-1-6-14(16)13-38(34,35)18(12-27-23(32)33)20(31)29-24(10-5-11-24)19(30)21-28-15-7-2-4-9-17(15)36-21/h1-4,6-9,18,22,27H,5,10-13H2,(H,29,31)(H,32,33)/t18-/m1/s1. The molecule has 1 atom stereocenters. The van der Waals surface area contributed by atoms with Crippen molar-refractivity contribution in [3.63, 3.8) is 0 Å². The van der Waals surface area contributed by atoms with Crippen molar-refractivity contribution in [3.05, 3.63) is 60.0 Å². The van der Waals surface area contributed by atoms with Crippen molar-refractivity contribution in [2.45, 2.75) is 42.4 Å². The van der Waals surface area contributed by atoms with Gasteiger partial charge in [0.05, 0.1) is 5.75 Å². The lowest BCUT2D eigenvalue weighted by Crippen LogP contribution is -2.62. The van der Waals surface area contributed by atoms with E-state index in [2.05, 4.69) is 15.0 Å². The number of rotatable bonds is 11. The first kappa shape index (κ1) is 27.0. The second-order valence-corrected chi connectivity index (χ2v) is 10.9. The Labute approximate surface area is 215 Å². The Morgan fingerprint density at radius 3 is 2.42 bits per heavy atom. The SMILES string of the molecule is O=C(O)NC[C@H](C(=O)NC1(C(=O)c2nc3ccccc3o2)CCC1)S(=O)(=O)Cc1ccccc1OC(F)F. The van der Waals surface area contributed by atoms with Crippen LogP contribution in [0.25, 0.3) is 11.1 Å². The predicted octanol–water partition coefficient (Wildman–Crippen LogP) is 2.90. The molecule has 1 heterocycles. The molecule has 11 nitrogen and oxygen atoms in total. The van der Waals surface area contributed by atoms with Crippen LogP contribution < -0.4 is 15.4 Å². The highest BCUT2D eigenvalue weighted by molar-refractivity contribution is 7.92. The van der Waals surface area contributed by atoms with Gasteiger partial charge >= 0.3 is 12.7 Å². The van der Waals surface area contributed by atoms with Crippen LogP contribution in [-0.4, -0.2) is 60.2 Å². The largest absolute Gasteiger partial charge is 0.465 e. The van der Waals surface area contributed by atoms with Crippen LogP contribution in [0.2, 0.25) is 0 Å². The van der Waals surface area contributed by atoms with Crippen molar-refractivity contribution >= 4 is 38.7 Å². The molecule has 1 aliphatic rings. The molecule has 0 spiro atoms. The predicted molar refractivity (Wildman–Crippen MR) is 129 cm³/mol. The van der Waals surface area contributed by atoms with Crippen molar-refractivity contribution in [3.8, 4) is 5.75 Å². The molecule has 3 aromatic rings. The molecule has 3 N–H and O–H groups in total. The zero-order valence-electron chi connectivity index (χ0n) is 19.7. The van der Waals surface area contributed by atoms with Crippen LogP contribution in [0.15, 0.2) is 52.9 Å². The minimum absolute atomic E-state index is 0.151. The fourth-order valence-electron chi connectivity index (χ4n) is 4.14. The quantitative estimate of drug-likeness (QED) is 0.304. The fourth-order valence-corrected chi connectivity index (χ4v) is 5.74. The molecule has 0 bridgehead atoms. The van der Waals surface area contributed by atoms with E-state index in [0.29, 0.717) is 17.5 Å². The first-order valence-corrected chi connectivity index (χ1v) is 13.2. The topological polar surface area (TPSA) is 165 Å². The van der Waals surface area contributed by atoms with Crippen molar-refractivity contribution < 1.29 is 45.8 Å². The third-order valence-corrected chi connectivity index (χ3v) is 8.16. The van der Waals surface area contributed by atoms with Crippen LogP contribution >= 0.6 is 0 Å². The molecule has 38 heavy (non-hydrogen) atoms. The molecule has 202 valence electrons. The number of carbonyl (C=O) groups is 3. The van der Waals surface area contributed by atoms with E-state index < -0.39 is 63.1 Å². The molecule has 1 aliphatic carbocycles. The van der Waals surface area contributed by atoms with Gasteiger partial charge in [-0.15, -0.1) is 0 Å². The van der Waals surface area contributed by atoms with Gasteiger partial charge in [0.15, 0.2) is 20.7 Å². The van der Waals surface area contributed by atoms with Crippen molar-refractivity contribution in [1.82, 2.24) is 15.6 Å². The number of carbonyl (C=O) groups excluding carboxylic acids is 2. The number of aromatic nitrogens is 1. The summed E-state index contributed by atoms with van der Waals surface area (Å²) in [6, 6.07) is 11.8. The van der Waals surface area contributed by atoms with E-state index in [9.17, 15) is 31.6 Å². The molecular weight excluding hydrogens is 528 g/mol. The van der Waals surface area contributed by atoms with E-state index in [1.165, 1.54) is 18.2 Å². The number of carboxylic acid groups (broad SMARTS) is 1. The van der Waals surface area contributed by atoms with Crippen LogP contribution in [0, 0.1) is 0 Å². The number of benzene rings is 2. The second kappa shape index (κ2) is 10.7. The van der Waals surface area contributed by atoms with Gasteiger partial charge < -0.3 is 24.9 Å². The second-order valence-electron chi connectivity index (χ2n) is 8.71. The number of hydrogen-bond acceptors (Lipinski definition) is 8. The number of alkyl halides is 2. The van der Waals surface area contributed by atoms with Gasteiger partial charge in [0.25, 0.3) is 5.89 Å².